The third kappa shape index (κ3) is 4.72. The zero-order valence-electron chi connectivity index (χ0n) is 15.8. The van der Waals surface area contributed by atoms with Crippen molar-refractivity contribution in [1.29, 1.82) is 0 Å². The summed E-state index contributed by atoms with van der Waals surface area (Å²) in [5.41, 5.74) is 1.99. The molecule has 2 nitrogen and oxygen atoms in total. The summed E-state index contributed by atoms with van der Waals surface area (Å²) in [7, 11) is 0. The number of ether oxygens (including phenoxy) is 1. The van der Waals surface area contributed by atoms with E-state index in [0.29, 0.717) is 17.1 Å². The molecule has 2 rings (SSSR count). The molecule has 0 bridgehead atoms. The van der Waals surface area contributed by atoms with Gasteiger partial charge in [0.05, 0.1) is 0 Å². The number of hydrogen-bond donors (Lipinski definition) is 0. The van der Waals surface area contributed by atoms with Gasteiger partial charge in [0, 0.05) is 16.7 Å². The summed E-state index contributed by atoms with van der Waals surface area (Å²) in [5.74, 6) is 1.85. The van der Waals surface area contributed by atoms with E-state index in [-0.39, 0.29) is 11.9 Å². The van der Waals surface area contributed by atoms with Crippen LogP contribution < -0.4 is 0 Å². The summed E-state index contributed by atoms with van der Waals surface area (Å²) >= 11 is 0. The Balaban J connectivity index is 2.17. The molecule has 0 fully saturated rings. The number of hydrogen-bond acceptors (Lipinski definition) is 2. The van der Waals surface area contributed by atoms with Gasteiger partial charge < -0.3 is 4.74 Å². The highest BCUT2D eigenvalue weighted by Gasteiger charge is 2.26. The number of carbonyl (C=O) groups is 1. The standard InChI is InChI=1S/C23H30O2/c1-6-18(12-10-11-16(3)4)21(7-2)25-22-15-17(5)23(24)20-14-9-8-13-19(20)22/h7-9,13-16,18,21H,2,5-6,10-12H2,1,3-4H3. The molecular weight excluding hydrogens is 308 g/mol. The molecule has 0 radical (unpaired) electrons. The van der Waals surface area contributed by atoms with Crippen LogP contribution in [0.25, 0.3) is 5.76 Å². The zero-order chi connectivity index (χ0) is 18.4. The van der Waals surface area contributed by atoms with E-state index in [4.69, 9.17) is 4.74 Å². The molecule has 0 N–H and O–H groups in total. The maximum Gasteiger partial charge on any atom is 0.193 e. The Bertz CT molecular complexity index is 666. The SMILES string of the molecule is C=CC(OC1=CC(=C)C(=O)c2ccccc21)C(CC)CCCC(C)C. The van der Waals surface area contributed by atoms with Crippen molar-refractivity contribution in [2.75, 3.05) is 0 Å². The quantitative estimate of drug-likeness (QED) is 0.395. The number of fused-ring (bicyclic) bond motifs is 1. The lowest BCUT2D eigenvalue weighted by molar-refractivity contribution is 0.102. The fourth-order valence-corrected chi connectivity index (χ4v) is 3.34. The summed E-state index contributed by atoms with van der Waals surface area (Å²) in [6, 6.07) is 7.58. The molecule has 0 saturated heterocycles. The first-order valence-corrected chi connectivity index (χ1v) is 9.31. The van der Waals surface area contributed by atoms with Crippen molar-refractivity contribution in [3.05, 3.63) is 66.3 Å². The van der Waals surface area contributed by atoms with Crippen LogP contribution in [0.5, 0.6) is 0 Å². The Morgan fingerprint density at radius 2 is 1.84 bits per heavy atom. The van der Waals surface area contributed by atoms with E-state index in [2.05, 4.69) is 33.9 Å². The molecule has 0 amide bonds. The minimum Gasteiger partial charge on any atom is -0.485 e. The fourth-order valence-electron chi connectivity index (χ4n) is 3.34. The lowest BCUT2D eigenvalue weighted by Crippen LogP contribution is -2.23. The number of benzene rings is 1. The van der Waals surface area contributed by atoms with E-state index >= 15 is 0 Å². The Hall–Kier alpha value is -2.09. The fraction of sp³-hybridized carbons (Fsp3) is 0.435. The molecule has 2 unspecified atom stereocenters. The van der Waals surface area contributed by atoms with Crippen molar-refractivity contribution < 1.29 is 9.53 Å². The average Bonchev–Trinajstić information content (AvgIpc) is 2.61. The Labute approximate surface area is 152 Å². The first-order chi connectivity index (χ1) is 12.0. The average molecular weight is 338 g/mol. The van der Waals surface area contributed by atoms with Gasteiger partial charge in [-0.25, -0.2) is 0 Å². The smallest absolute Gasteiger partial charge is 0.193 e. The molecule has 1 aromatic rings. The van der Waals surface area contributed by atoms with Gasteiger partial charge in [-0.3, -0.25) is 4.79 Å². The lowest BCUT2D eigenvalue weighted by atomic mass is 9.90. The third-order valence-electron chi connectivity index (χ3n) is 4.87. The van der Waals surface area contributed by atoms with Crippen LogP contribution in [0.15, 0.2) is 55.1 Å². The van der Waals surface area contributed by atoms with Gasteiger partial charge in [0.1, 0.15) is 11.9 Å². The van der Waals surface area contributed by atoms with E-state index < -0.39 is 0 Å². The third-order valence-corrected chi connectivity index (χ3v) is 4.87. The molecule has 1 aliphatic rings. The van der Waals surface area contributed by atoms with Crippen LogP contribution in [-0.4, -0.2) is 11.9 Å². The van der Waals surface area contributed by atoms with Crippen LogP contribution in [0.2, 0.25) is 0 Å². The number of rotatable bonds is 9. The topological polar surface area (TPSA) is 26.3 Å². The molecule has 2 atom stereocenters. The molecule has 134 valence electrons. The molecule has 0 spiro atoms. The van der Waals surface area contributed by atoms with E-state index in [1.54, 1.807) is 6.08 Å². The van der Waals surface area contributed by atoms with Crippen molar-refractivity contribution >= 4 is 11.5 Å². The van der Waals surface area contributed by atoms with Gasteiger partial charge in [-0.05, 0) is 30.8 Å². The predicted octanol–water partition coefficient (Wildman–Crippen LogP) is 6.20. The highest BCUT2D eigenvalue weighted by Crippen LogP contribution is 2.33. The van der Waals surface area contributed by atoms with Crippen LogP contribution in [-0.2, 0) is 4.74 Å². The van der Waals surface area contributed by atoms with Crippen molar-refractivity contribution in [2.24, 2.45) is 11.8 Å². The maximum absolute atomic E-state index is 12.3. The Morgan fingerprint density at radius 3 is 2.44 bits per heavy atom. The summed E-state index contributed by atoms with van der Waals surface area (Å²) in [4.78, 5) is 12.3. The summed E-state index contributed by atoms with van der Waals surface area (Å²) in [5, 5.41) is 0. The minimum absolute atomic E-state index is 0.0259. The number of Topliss-reactive ketones (excluding diaryl/α,β-unsaturated/α-hetero) is 1. The Morgan fingerprint density at radius 1 is 1.16 bits per heavy atom. The number of ketones is 1. The van der Waals surface area contributed by atoms with Crippen LogP contribution in [0.4, 0.5) is 0 Å². The van der Waals surface area contributed by atoms with E-state index in [9.17, 15) is 4.79 Å². The largest absolute Gasteiger partial charge is 0.485 e. The molecule has 2 heteroatoms. The second-order valence-corrected chi connectivity index (χ2v) is 7.22. The van der Waals surface area contributed by atoms with Crippen LogP contribution in [0.3, 0.4) is 0 Å². The molecule has 0 aliphatic heterocycles. The van der Waals surface area contributed by atoms with Crippen LogP contribution in [0.1, 0.15) is 62.4 Å². The highest BCUT2D eigenvalue weighted by atomic mass is 16.5. The van der Waals surface area contributed by atoms with Gasteiger partial charge in [0.15, 0.2) is 5.78 Å². The normalized spacial score (nSPS) is 16.2. The van der Waals surface area contributed by atoms with Crippen molar-refractivity contribution in [3.63, 3.8) is 0 Å². The van der Waals surface area contributed by atoms with E-state index in [1.807, 2.05) is 30.3 Å². The van der Waals surface area contributed by atoms with Crippen molar-refractivity contribution in [3.8, 4) is 0 Å². The van der Waals surface area contributed by atoms with Gasteiger partial charge in [-0.1, -0.05) is 77.1 Å². The second kappa shape index (κ2) is 8.84. The van der Waals surface area contributed by atoms with Gasteiger partial charge in [0.25, 0.3) is 0 Å². The number of carbonyl (C=O) groups excluding carboxylic acids is 1. The highest BCUT2D eigenvalue weighted by molar-refractivity contribution is 6.15. The zero-order valence-corrected chi connectivity index (χ0v) is 15.8. The minimum atomic E-state index is -0.0579. The predicted molar refractivity (Wildman–Crippen MR) is 105 cm³/mol. The summed E-state index contributed by atoms with van der Waals surface area (Å²) in [6.07, 6.45) is 8.21. The molecule has 1 aliphatic carbocycles. The molecule has 0 aromatic heterocycles. The maximum atomic E-state index is 12.3. The van der Waals surface area contributed by atoms with E-state index in [0.717, 1.165) is 30.1 Å². The van der Waals surface area contributed by atoms with Crippen LogP contribution in [0, 0.1) is 11.8 Å². The molecule has 1 aromatic carbocycles. The van der Waals surface area contributed by atoms with Gasteiger partial charge in [-0.2, -0.15) is 0 Å². The van der Waals surface area contributed by atoms with Crippen molar-refractivity contribution in [2.45, 2.75) is 52.6 Å². The van der Waals surface area contributed by atoms with Crippen LogP contribution >= 0.6 is 0 Å². The van der Waals surface area contributed by atoms with Gasteiger partial charge >= 0.3 is 0 Å². The molecular formula is C23H30O2. The Kier molecular flexibility index (Phi) is 6.81. The summed E-state index contributed by atoms with van der Waals surface area (Å²) in [6.45, 7) is 14.6. The molecule has 25 heavy (non-hydrogen) atoms. The molecule has 0 heterocycles. The van der Waals surface area contributed by atoms with E-state index in [1.165, 1.54) is 12.8 Å². The monoisotopic (exact) mass is 338 g/mol. The first kappa shape index (κ1) is 19.2. The first-order valence-electron chi connectivity index (χ1n) is 9.31. The summed E-state index contributed by atoms with van der Waals surface area (Å²) < 4.78 is 6.33. The number of allylic oxidation sites excluding steroid dienone is 2. The second-order valence-electron chi connectivity index (χ2n) is 7.22. The van der Waals surface area contributed by atoms with Crippen molar-refractivity contribution in [1.82, 2.24) is 0 Å². The van der Waals surface area contributed by atoms with Gasteiger partial charge in [-0.15, -0.1) is 0 Å². The molecule has 0 saturated carbocycles. The lowest BCUT2D eigenvalue weighted by Gasteiger charge is -2.28. The van der Waals surface area contributed by atoms with Gasteiger partial charge in [0.2, 0.25) is 0 Å².